The van der Waals surface area contributed by atoms with Gasteiger partial charge in [-0.3, -0.25) is 9.59 Å². The molecule has 0 amide bonds. The Labute approximate surface area is 161 Å². The fraction of sp³-hybridized carbons (Fsp3) is 0.909. The number of ether oxygens (including phenoxy) is 2. The minimum atomic E-state index is -0.149. The van der Waals surface area contributed by atoms with E-state index >= 15 is 0 Å². The molecule has 0 atom stereocenters. The topological polar surface area (TPSA) is 52.6 Å². The highest BCUT2D eigenvalue weighted by atomic mass is 16.5. The Bertz CT molecular complexity index is 328. The van der Waals surface area contributed by atoms with Crippen molar-refractivity contribution < 1.29 is 19.1 Å². The van der Waals surface area contributed by atoms with Crippen molar-refractivity contribution in [3.8, 4) is 0 Å². The maximum atomic E-state index is 11.6. The van der Waals surface area contributed by atoms with Gasteiger partial charge in [-0.1, -0.05) is 78.1 Å². The molecule has 0 rings (SSSR count). The lowest BCUT2D eigenvalue weighted by Crippen LogP contribution is -2.08. The van der Waals surface area contributed by atoms with Crippen LogP contribution < -0.4 is 0 Å². The standard InChI is InChI=1S/C22H42O4/c1-3-5-7-8-9-10-11-12-16-20-26-22(24)18-14-13-17-21(23)25-19-15-6-4-2/h3-20H2,1-2H3. The lowest BCUT2D eigenvalue weighted by molar-refractivity contribution is -0.146. The van der Waals surface area contributed by atoms with Crippen LogP contribution in [-0.4, -0.2) is 25.2 Å². The predicted octanol–water partition coefficient (Wildman–Crippen LogP) is 6.35. The van der Waals surface area contributed by atoms with E-state index < -0.39 is 0 Å². The minimum Gasteiger partial charge on any atom is -0.466 e. The smallest absolute Gasteiger partial charge is 0.305 e. The molecule has 0 radical (unpaired) electrons. The first-order chi connectivity index (χ1) is 12.7. The van der Waals surface area contributed by atoms with Crippen molar-refractivity contribution in [1.82, 2.24) is 0 Å². The Kier molecular flexibility index (Phi) is 19.4. The summed E-state index contributed by atoms with van der Waals surface area (Å²) in [4.78, 5) is 23.1. The first kappa shape index (κ1) is 24.9. The highest BCUT2D eigenvalue weighted by molar-refractivity contribution is 5.70. The van der Waals surface area contributed by atoms with Crippen LogP contribution in [0.5, 0.6) is 0 Å². The average Bonchev–Trinajstić information content (AvgIpc) is 2.64. The minimum absolute atomic E-state index is 0.138. The van der Waals surface area contributed by atoms with Gasteiger partial charge in [-0.05, 0) is 25.7 Å². The molecule has 0 aliphatic carbocycles. The molecule has 4 heteroatoms. The summed E-state index contributed by atoms with van der Waals surface area (Å²) in [7, 11) is 0. The molecule has 0 bridgehead atoms. The van der Waals surface area contributed by atoms with Crippen LogP contribution in [0.2, 0.25) is 0 Å². The zero-order valence-corrected chi connectivity index (χ0v) is 17.4. The zero-order chi connectivity index (χ0) is 19.3. The van der Waals surface area contributed by atoms with Gasteiger partial charge in [0.2, 0.25) is 0 Å². The Morgan fingerprint density at radius 3 is 1.31 bits per heavy atom. The average molecular weight is 371 g/mol. The first-order valence-electron chi connectivity index (χ1n) is 11.0. The Balaban J connectivity index is 3.28. The van der Waals surface area contributed by atoms with Gasteiger partial charge in [0.05, 0.1) is 13.2 Å². The lowest BCUT2D eigenvalue weighted by Gasteiger charge is -2.06. The Hall–Kier alpha value is -1.06. The van der Waals surface area contributed by atoms with Gasteiger partial charge in [0.1, 0.15) is 0 Å². The molecule has 0 spiro atoms. The molecule has 26 heavy (non-hydrogen) atoms. The van der Waals surface area contributed by atoms with Crippen LogP contribution in [0.15, 0.2) is 0 Å². The third kappa shape index (κ3) is 19.3. The van der Waals surface area contributed by atoms with Crippen molar-refractivity contribution in [3.05, 3.63) is 0 Å². The van der Waals surface area contributed by atoms with E-state index in [0.717, 1.165) is 32.1 Å². The Morgan fingerprint density at radius 1 is 0.500 bits per heavy atom. The van der Waals surface area contributed by atoms with Crippen LogP contribution in [-0.2, 0) is 19.1 Å². The van der Waals surface area contributed by atoms with E-state index in [-0.39, 0.29) is 11.9 Å². The highest BCUT2D eigenvalue weighted by Crippen LogP contribution is 2.10. The van der Waals surface area contributed by atoms with E-state index in [9.17, 15) is 9.59 Å². The normalized spacial score (nSPS) is 10.7. The molecule has 4 nitrogen and oxygen atoms in total. The Morgan fingerprint density at radius 2 is 0.846 bits per heavy atom. The van der Waals surface area contributed by atoms with Crippen molar-refractivity contribution in [1.29, 1.82) is 0 Å². The monoisotopic (exact) mass is 370 g/mol. The quantitative estimate of drug-likeness (QED) is 0.196. The van der Waals surface area contributed by atoms with Gasteiger partial charge in [0, 0.05) is 12.8 Å². The summed E-state index contributed by atoms with van der Waals surface area (Å²) in [5.74, 6) is -0.287. The van der Waals surface area contributed by atoms with E-state index in [1.807, 2.05) is 0 Å². The summed E-state index contributed by atoms with van der Waals surface area (Å²) in [5, 5.41) is 0. The molecule has 0 unspecified atom stereocenters. The zero-order valence-electron chi connectivity index (χ0n) is 17.4. The number of rotatable bonds is 19. The van der Waals surface area contributed by atoms with E-state index in [4.69, 9.17) is 9.47 Å². The van der Waals surface area contributed by atoms with Crippen molar-refractivity contribution in [2.45, 2.75) is 117 Å². The molecular formula is C22H42O4. The van der Waals surface area contributed by atoms with E-state index in [0.29, 0.717) is 38.9 Å². The fourth-order valence-electron chi connectivity index (χ4n) is 2.82. The summed E-state index contributed by atoms with van der Waals surface area (Å²) < 4.78 is 10.4. The van der Waals surface area contributed by atoms with Crippen LogP contribution in [0, 0.1) is 0 Å². The lowest BCUT2D eigenvalue weighted by atomic mass is 10.1. The summed E-state index contributed by atoms with van der Waals surface area (Å²) in [5.41, 5.74) is 0. The van der Waals surface area contributed by atoms with Gasteiger partial charge in [-0.15, -0.1) is 0 Å². The maximum Gasteiger partial charge on any atom is 0.305 e. The molecule has 0 aromatic carbocycles. The number of hydrogen-bond donors (Lipinski definition) is 0. The second kappa shape index (κ2) is 20.3. The molecule has 0 aliphatic heterocycles. The second-order valence-electron chi connectivity index (χ2n) is 7.18. The molecule has 0 saturated heterocycles. The third-order valence-corrected chi connectivity index (χ3v) is 4.53. The van der Waals surface area contributed by atoms with Gasteiger partial charge in [-0.25, -0.2) is 0 Å². The van der Waals surface area contributed by atoms with Crippen molar-refractivity contribution in [2.24, 2.45) is 0 Å². The van der Waals surface area contributed by atoms with Crippen LogP contribution in [0.4, 0.5) is 0 Å². The maximum absolute atomic E-state index is 11.6. The molecule has 0 aliphatic rings. The molecule has 0 heterocycles. The second-order valence-corrected chi connectivity index (χ2v) is 7.18. The van der Waals surface area contributed by atoms with E-state index in [1.54, 1.807) is 0 Å². The largest absolute Gasteiger partial charge is 0.466 e. The van der Waals surface area contributed by atoms with Crippen molar-refractivity contribution in [2.75, 3.05) is 13.2 Å². The third-order valence-electron chi connectivity index (χ3n) is 4.53. The number of carbonyl (C=O) groups is 2. The predicted molar refractivity (Wildman–Crippen MR) is 107 cm³/mol. The summed E-state index contributed by atoms with van der Waals surface area (Å²) in [6, 6.07) is 0. The number of unbranched alkanes of at least 4 members (excludes halogenated alkanes) is 11. The summed E-state index contributed by atoms with van der Waals surface area (Å²) >= 11 is 0. The van der Waals surface area contributed by atoms with Crippen molar-refractivity contribution in [3.63, 3.8) is 0 Å². The molecule has 0 aromatic rings. The van der Waals surface area contributed by atoms with Gasteiger partial charge < -0.3 is 9.47 Å². The molecule has 0 fully saturated rings. The summed E-state index contributed by atoms with van der Waals surface area (Å²) in [6.07, 6.45) is 16.7. The molecule has 0 saturated carbocycles. The SMILES string of the molecule is CCCCCCCCCCCOC(=O)CCCCC(=O)OCCCCC. The van der Waals surface area contributed by atoms with E-state index in [2.05, 4.69) is 13.8 Å². The number of carbonyl (C=O) groups excluding carboxylic acids is 2. The van der Waals surface area contributed by atoms with E-state index in [1.165, 1.54) is 44.9 Å². The van der Waals surface area contributed by atoms with Crippen LogP contribution >= 0.6 is 0 Å². The first-order valence-corrected chi connectivity index (χ1v) is 11.0. The number of hydrogen-bond acceptors (Lipinski definition) is 4. The van der Waals surface area contributed by atoms with Crippen LogP contribution in [0.1, 0.15) is 117 Å². The molecular weight excluding hydrogens is 328 g/mol. The number of esters is 2. The molecule has 154 valence electrons. The van der Waals surface area contributed by atoms with Crippen molar-refractivity contribution >= 4 is 11.9 Å². The molecule has 0 aromatic heterocycles. The van der Waals surface area contributed by atoms with Gasteiger partial charge >= 0.3 is 11.9 Å². The van der Waals surface area contributed by atoms with Gasteiger partial charge in [0.25, 0.3) is 0 Å². The van der Waals surface area contributed by atoms with Gasteiger partial charge in [-0.2, -0.15) is 0 Å². The van der Waals surface area contributed by atoms with Crippen LogP contribution in [0.25, 0.3) is 0 Å². The van der Waals surface area contributed by atoms with Crippen LogP contribution in [0.3, 0.4) is 0 Å². The highest BCUT2D eigenvalue weighted by Gasteiger charge is 2.06. The summed E-state index contributed by atoms with van der Waals surface area (Å²) in [6.45, 7) is 5.42. The molecule has 0 N–H and O–H groups in total. The van der Waals surface area contributed by atoms with Gasteiger partial charge in [0.15, 0.2) is 0 Å². The fourth-order valence-corrected chi connectivity index (χ4v) is 2.82.